The number of methoxy groups -OCH3 is 1. The number of nitrogens with one attached hydrogen (secondary N) is 1. The molecule has 3 aromatic carbocycles. The largest absolute Gasteiger partial charge is 0.497 e. The van der Waals surface area contributed by atoms with Gasteiger partial charge in [0.15, 0.2) is 0 Å². The van der Waals surface area contributed by atoms with E-state index in [1.54, 1.807) is 13.3 Å². The van der Waals surface area contributed by atoms with Crippen LogP contribution in [0.4, 0.5) is 0 Å². The third-order valence-corrected chi connectivity index (χ3v) is 5.47. The highest BCUT2D eigenvalue weighted by molar-refractivity contribution is 7.99. The lowest BCUT2D eigenvalue weighted by Gasteiger charge is -2.07. The summed E-state index contributed by atoms with van der Waals surface area (Å²) in [5.41, 5.74) is 6.95. The summed E-state index contributed by atoms with van der Waals surface area (Å²) in [6.45, 7) is 2.59. The van der Waals surface area contributed by atoms with E-state index in [4.69, 9.17) is 9.47 Å². The smallest absolute Gasteiger partial charge is 0.250 e. The van der Waals surface area contributed by atoms with Gasteiger partial charge in [0.2, 0.25) is 5.91 Å². The van der Waals surface area contributed by atoms with Crippen molar-refractivity contribution in [2.24, 2.45) is 5.10 Å². The lowest BCUT2D eigenvalue weighted by molar-refractivity contribution is -0.118. The van der Waals surface area contributed by atoms with E-state index < -0.39 is 0 Å². The number of hydrazone groups is 1. The lowest BCUT2D eigenvalue weighted by atomic mass is 10.2. The number of carbonyl (C=O) groups is 1. The summed E-state index contributed by atoms with van der Waals surface area (Å²) in [6, 6.07) is 23.7. The van der Waals surface area contributed by atoms with E-state index in [0.29, 0.717) is 12.4 Å². The van der Waals surface area contributed by atoms with Crippen LogP contribution in [-0.4, -0.2) is 25.0 Å². The van der Waals surface area contributed by atoms with Crippen LogP contribution in [0.3, 0.4) is 0 Å². The maximum Gasteiger partial charge on any atom is 0.250 e. The molecule has 160 valence electrons. The molecule has 0 aliphatic carbocycles. The number of carbonyl (C=O) groups excluding carboxylic acids is 1. The van der Waals surface area contributed by atoms with Crippen LogP contribution < -0.4 is 14.9 Å². The van der Waals surface area contributed by atoms with E-state index in [1.165, 1.54) is 17.3 Å². The van der Waals surface area contributed by atoms with Gasteiger partial charge in [-0.25, -0.2) is 5.43 Å². The fraction of sp³-hybridized carbons (Fsp3) is 0.200. The van der Waals surface area contributed by atoms with E-state index in [9.17, 15) is 4.79 Å². The van der Waals surface area contributed by atoms with Crippen molar-refractivity contribution < 1.29 is 14.3 Å². The van der Waals surface area contributed by atoms with Crippen molar-refractivity contribution in [3.63, 3.8) is 0 Å². The van der Waals surface area contributed by atoms with Crippen LogP contribution in [-0.2, 0) is 17.2 Å². The molecule has 0 spiro atoms. The number of hydrogen-bond donors (Lipinski definition) is 1. The molecule has 0 radical (unpaired) electrons. The number of ether oxygens (including phenoxy) is 2. The quantitative estimate of drug-likeness (QED) is 0.362. The number of aryl methyl sites for hydroxylation is 1. The average molecular weight is 435 g/mol. The van der Waals surface area contributed by atoms with Gasteiger partial charge in [0.1, 0.15) is 18.1 Å². The molecule has 0 heterocycles. The van der Waals surface area contributed by atoms with Crippen LogP contribution in [0.2, 0.25) is 0 Å². The summed E-state index contributed by atoms with van der Waals surface area (Å²) in [5, 5.41) is 4.03. The van der Waals surface area contributed by atoms with Crippen LogP contribution in [0.25, 0.3) is 0 Å². The Morgan fingerprint density at radius 2 is 1.58 bits per heavy atom. The normalized spacial score (nSPS) is 10.8. The minimum Gasteiger partial charge on any atom is -0.497 e. The Kier molecular flexibility index (Phi) is 8.55. The molecule has 0 unspecified atom stereocenters. The van der Waals surface area contributed by atoms with Crippen LogP contribution in [0.5, 0.6) is 11.5 Å². The molecule has 0 aliphatic rings. The topological polar surface area (TPSA) is 59.9 Å². The predicted molar refractivity (Wildman–Crippen MR) is 127 cm³/mol. The highest BCUT2D eigenvalue weighted by Gasteiger charge is 2.01. The first-order valence-electron chi connectivity index (χ1n) is 9.93. The molecule has 0 bridgehead atoms. The molecular weight excluding hydrogens is 408 g/mol. The van der Waals surface area contributed by atoms with Gasteiger partial charge >= 0.3 is 0 Å². The first-order valence-corrected chi connectivity index (χ1v) is 11.1. The third kappa shape index (κ3) is 7.83. The molecule has 0 saturated heterocycles. The minimum atomic E-state index is -0.132. The Hall–Kier alpha value is -3.25. The van der Waals surface area contributed by atoms with E-state index in [1.807, 2.05) is 48.5 Å². The SMILES string of the molecule is COc1ccc(CSCC(=O)N/N=C/c2ccc(OCc3ccc(C)cc3)cc2)cc1. The van der Waals surface area contributed by atoms with Gasteiger partial charge in [-0.2, -0.15) is 5.10 Å². The molecule has 5 nitrogen and oxygen atoms in total. The first-order chi connectivity index (χ1) is 15.1. The van der Waals surface area contributed by atoms with E-state index in [-0.39, 0.29) is 5.91 Å². The molecule has 3 aromatic rings. The second kappa shape index (κ2) is 11.8. The molecule has 0 aliphatic heterocycles. The van der Waals surface area contributed by atoms with E-state index in [2.05, 4.69) is 41.7 Å². The fourth-order valence-electron chi connectivity index (χ4n) is 2.70. The molecule has 31 heavy (non-hydrogen) atoms. The third-order valence-electron chi connectivity index (χ3n) is 4.47. The zero-order valence-electron chi connectivity index (χ0n) is 17.7. The molecule has 6 heteroatoms. The van der Waals surface area contributed by atoms with Crippen LogP contribution in [0.15, 0.2) is 77.9 Å². The standard InChI is InChI=1S/C25H26N2O3S/c1-19-3-5-21(6-4-19)16-30-24-13-7-20(8-14-24)15-26-27-25(28)18-31-17-22-9-11-23(29-2)12-10-22/h3-15H,16-18H2,1-2H3,(H,27,28)/b26-15+. The maximum absolute atomic E-state index is 11.9. The summed E-state index contributed by atoms with van der Waals surface area (Å²) in [5.74, 6) is 2.58. The Morgan fingerprint density at radius 1 is 0.935 bits per heavy atom. The Labute approximate surface area is 187 Å². The number of nitrogens with zero attached hydrogens (tertiary/aromatic N) is 1. The molecular formula is C25H26N2O3S. The maximum atomic E-state index is 11.9. The zero-order chi connectivity index (χ0) is 21.9. The van der Waals surface area contributed by atoms with Gasteiger partial charge in [0, 0.05) is 5.75 Å². The van der Waals surface area contributed by atoms with Crippen molar-refractivity contribution in [2.45, 2.75) is 19.3 Å². The number of hydrogen-bond acceptors (Lipinski definition) is 5. The lowest BCUT2D eigenvalue weighted by Crippen LogP contribution is -2.19. The van der Waals surface area contributed by atoms with Crippen molar-refractivity contribution in [2.75, 3.05) is 12.9 Å². The van der Waals surface area contributed by atoms with Gasteiger partial charge in [-0.15, -0.1) is 11.8 Å². The van der Waals surface area contributed by atoms with Gasteiger partial charge in [0.05, 0.1) is 19.1 Å². The molecule has 1 amide bonds. The van der Waals surface area contributed by atoms with E-state index >= 15 is 0 Å². The van der Waals surface area contributed by atoms with E-state index in [0.717, 1.165) is 33.9 Å². The molecule has 0 atom stereocenters. The average Bonchev–Trinajstić information content (AvgIpc) is 2.80. The van der Waals surface area contributed by atoms with Crippen molar-refractivity contribution in [1.29, 1.82) is 0 Å². The number of benzene rings is 3. The second-order valence-electron chi connectivity index (χ2n) is 6.98. The van der Waals surface area contributed by atoms with Crippen molar-refractivity contribution in [3.8, 4) is 11.5 Å². The molecule has 1 N–H and O–H groups in total. The van der Waals surface area contributed by atoms with Gasteiger partial charge in [0.25, 0.3) is 0 Å². The fourth-order valence-corrected chi connectivity index (χ4v) is 3.48. The highest BCUT2D eigenvalue weighted by atomic mass is 32.2. The summed E-state index contributed by atoms with van der Waals surface area (Å²) >= 11 is 1.54. The molecule has 0 fully saturated rings. The summed E-state index contributed by atoms with van der Waals surface area (Å²) in [4.78, 5) is 11.9. The predicted octanol–water partition coefficient (Wildman–Crippen LogP) is 4.97. The van der Waals surface area contributed by atoms with Crippen molar-refractivity contribution in [1.82, 2.24) is 5.43 Å². The second-order valence-corrected chi connectivity index (χ2v) is 7.96. The molecule has 0 saturated carbocycles. The Balaban J connectivity index is 1.36. The van der Waals surface area contributed by atoms with Crippen LogP contribution >= 0.6 is 11.8 Å². The van der Waals surface area contributed by atoms with Gasteiger partial charge in [-0.1, -0.05) is 42.0 Å². The molecule has 0 aromatic heterocycles. The van der Waals surface area contributed by atoms with Gasteiger partial charge < -0.3 is 9.47 Å². The summed E-state index contributed by atoms with van der Waals surface area (Å²) < 4.78 is 10.9. The molecule has 3 rings (SSSR count). The minimum absolute atomic E-state index is 0.132. The van der Waals surface area contributed by atoms with Crippen molar-refractivity contribution in [3.05, 3.63) is 95.1 Å². The Morgan fingerprint density at radius 3 is 2.26 bits per heavy atom. The Bertz CT molecular complexity index is 985. The van der Waals surface area contributed by atoms with Gasteiger partial charge in [-0.3, -0.25) is 4.79 Å². The number of thioether (sulfide) groups is 1. The number of amides is 1. The van der Waals surface area contributed by atoms with Crippen molar-refractivity contribution >= 4 is 23.9 Å². The van der Waals surface area contributed by atoms with Gasteiger partial charge in [-0.05, 0) is 60.0 Å². The summed E-state index contributed by atoms with van der Waals surface area (Å²) in [6.07, 6.45) is 1.62. The summed E-state index contributed by atoms with van der Waals surface area (Å²) in [7, 11) is 1.64. The van der Waals surface area contributed by atoms with Crippen LogP contribution in [0, 0.1) is 6.92 Å². The van der Waals surface area contributed by atoms with Crippen LogP contribution in [0.1, 0.15) is 22.3 Å². The zero-order valence-corrected chi connectivity index (χ0v) is 18.5. The number of rotatable bonds is 10. The monoisotopic (exact) mass is 434 g/mol. The highest BCUT2D eigenvalue weighted by Crippen LogP contribution is 2.16. The first kappa shape index (κ1) is 22.4.